The molecule has 13 heteroatoms. The molecule has 3 aromatic rings. The Labute approximate surface area is 316 Å². The van der Waals surface area contributed by atoms with E-state index >= 15 is 0 Å². The van der Waals surface area contributed by atoms with E-state index in [4.69, 9.17) is 9.47 Å². The molecule has 1 aromatic heterocycles. The molecule has 8 rings (SSSR count). The van der Waals surface area contributed by atoms with E-state index in [0.29, 0.717) is 44.2 Å². The average molecular weight is 754 g/mol. The van der Waals surface area contributed by atoms with Crippen LogP contribution in [0.25, 0.3) is 10.9 Å². The highest BCUT2D eigenvalue weighted by atomic mass is 32.2. The van der Waals surface area contributed by atoms with Crippen LogP contribution in [0.1, 0.15) is 73.2 Å². The minimum atomic E-state index is -4.05. The third kappa shape index (κ3) is 6.15. The zero-order chi connectivity index (χ0) is 37.9. The Morgan fingerprint density at radius 3 is 2.48 bits per heavy atom. The molecule has 2 aliphatic heterocycles. The van der Waals surface area contributed by atoms with Gasteiger partial charge < -0.3 is 23.8 Å². The van der Waals surface area contributed by atoms with Crippen LogP contribution in [-0.2, 0) is 35.9 Å². The molecule has 1 saturated heterocycles. The van der Waals surface area contributed by atoms with Gasteiger partial charge in [-0.05, 0) is 65.2 Å². The van der Waals surface area contributed by atoms with E-state index in [0.717, 1.165) is 74.6 Å². The van der Waals surface area contributed by atoms with Gasteiger partial charge >= 0.3 is 22.0 Å². The van der Waals surface area contributed by atoms with Crippen LogP contribution in [0, 0.1) is 0 Å². The lowest BCUT2D eigenvalue weighted by atomic mass is 9.80. The van der Waals surface area contributed by atoms with Gasteiger partial charge in [0.25, 0.3) is 5.91 Å². The molecule has 1 saturated carbocycles. The third-order valence-electron chi connectivity index (χ3n) is 12.0. The van der Waals surface area contributed by atoms with Crippen LogP contribution in [0.5, 0.6) is 5.75 Å². The van der Waals surface area contributed by atoms with Crippen molar-refractivity contribution in [1.29, 1.82) is 0 Å². The van der Waals surface area contributed by atoms with Gasteiger partial charge in [-0.3, -0.25) is 14.4 Å². The Bertz CT molecular complexity index is 2230. The molecule has 2 fully saturated rings. The van der Waals surface area contributed by atoms with Gasteiger partial charge in [-0.25, -0.2) is 4.72 Å². The van der Waals surface area contributed by atoms with Crippen LogP contribution >= 0.6 is 0 Å². The first-order valence-electron chi connectivity index (χ1n) is 18.8. The summed E-state index contributed by atoms with van der Waals surface area (Å²) < 4.78 is 42.8. The maximum absolute atomic E-state index is 14.4. The number of likely N-dealkylation sites (N-methyl/N-ethyl adjacent to an activating group) is 1. The fourth-order valence-electron chi connectivity index (χ4n) is 9.10. The fourth-order valence-corrected chi connectivity index (χ4v) is 9.62. The number of benzene rings is 2. The van der Waals surface area contributed by atoms with Crippen molar-refractivity contribution in [2.45, 2.75) is 69.0 Å². The van der Waals surface area contributed by atoms with Crippen LogP contribution in [0.3, 0.4) is 0 Å². The molecule has 1 N–H and O–H groups in total. The number of carbonyl (C=O) groups is 3. The molecule has 12 nitrogen and oxygen atoms in total. The van der Waals surface area contributed by atoms with Gasteiger partial charge in [0, 0.05) is 57.3 Å². The van der Waals surface area contributed by atoms with Gasteiger partial charge in [0.1, 0.15) is 5.75 Å². The number of aromatic nitrogens is 1. The van der Waals surface area contributed by atoms with Gasteiger partial charge in [0.2, 0.25) is 0 Å². The average Bonchev–Trinajstić information content (AvgIpc) is 3.83. The first-order valence-corrected chi connectivity index (χ1v) is 20.3. The molecule has 284 valence electrons. The third-order valence-corrected chi connectivity index (χ3v) is 13.4. The largest absolute Gasteiger partial charge is 0.496 e. The molecule has 3 amide bonds. The molecule has 3 aliphatic carbocycles. The molecule has 2 aromatic carbocycles. The van der Waals surface area contributed by atoms with Crippen molar-refractivity contribution in [3.05, 3.63) is 99.8 Å². The Kier molecular flexibility index (Phi) is 9.51. The lowest BCUT2D eigenvalue weighted by Gasteiger charge is -2.40. The van der Waals surface area contributed by atoms with Crippen molar-refractivity contribution in [2.75, 3.05) is 48.0 Å². The van der Waals surface area contributed by atoms with Crippen LogP contribution in [-0.4, -0.2) is 98.9 Å². The highest BCUT2D eigenvalue weighted by Crippen LogP contribution is 2.54. The summed E-state index contributed by atoms with van der Waals surface area (Å²) >= 11 is 0. The number of hydrogen-bond donors (Lipinski definition) is 1. The van der Waals surface area contributed by atoms with Gasteiger partial charge in [-0.1, -0.05) is 67.8 Å². The first-order chi connectivity index (χ1) is 26.0. The van der Waals surface area contributed by atoms with E-state index in [1.54, 1.807) is 24.0 Å². The summed E-state index contributed by atoms with van der Waals surface area (Å²) in [6.45, 7) is 1.29. The minimum absolute atomic E-state index is 0.293. The van der Waals surface area contributed by atoms with Crippen molar-refractivity contribution < 1.29 is 32.3 Å². The maximum atomic E-state index is 14.4. The van der Waals surface area contributed by atoms with Crippen molar-refractivity contribution in [1.82, 2.24) is 23.4 Å². The van der Waals surface area contributed by atoms with Gasteiger partial charge in [-0.2, -0.15) is 12.7 Å². The highest BCUT2D eigenvalue weighted by molar-refractivity contribution is 7.87. The fraction of sp³-hybridized carbons (Fsp3) is 0.439. The summed E-state index contributed by atoms with van der Waals surface area (Å²) in [4.78, 5) is 45.5. The Hall–Kier alpha value is -4.72. The van der Waals surface area contributed by atoms with Crippen molar-refractivity contribution in [2.24, 2.45) is 0 Å². The molecule has 0 spiro atoms. The summed E-state index contributed by atoms with van der Waals surface area (Å²) in [6.07, 6.45) is 10.1. The number of nitrogens with one attached hydrogen (secondary N) is 1. The number of rotatable bonds is 7. The van der Waals surface area contributed by atoms with E-state index < -0.39 is 45.9 Å². The van der Waals surface area contributed by atoms with Crippen LogP contribution in [0.4, 0.5) is 0 Å². The van der Waals surface area contributed by atoms with Gasteiger partial charge in [-0.15, -0.1) is 0 Å². The van der Waals surface area contributed by atoms with Crippen LogP contribution in [0.2, 0.25) is 0 Å². The number of carbonyl (C=O) groups excluding carboxylic acids is 3. The molecule has 5 aliphatic rings. The van der Waals surface area contributed by atoms with Crippen LogP contribution < -0.4 is 9.46 Å². The monoisotopic (exact) mass is 753 g/mol. The Morgan fingerprint density at radius 2 is 1.76 bits per heavy atom. The number of amides is 3. The van der Waals surface area contributed by atoms with E-state index in [1.807, 2.05) is 48.6 Å². The number of fused-ring (bicyclic) bond motifs is 6. The normalized spacial score (nSPS) is 22.8. The van der Waals surface area contributed by atoms with Gasteiger partial charge in [0.05, 0.1) is 37.5 Å². The number of allylic oxidation sites excluding steroid dienone is 2. The lowest BCUT2D eigenvalue weighted by molar-refractivity contribution is -0.157. The molecular formula is C41H47N5O7S. The van der Waals surface area contributed by atoms with Crippen molar-refractivity contribution in [3.63, 3.8) is 0 Å². The second-order valence-corrected chi connectivity index (χ2v) is 17.0. The molecule has 3 heterocycles. The van der Waals surface area contributed by atoms with Crippen molar-refractivity contribution >= 4 is 38.8 Å². The quantitative estimate of drug-likeness (QED) is 0.346. The second kappa shape index (κ2) is 14.2. The predicted molar refractivity (Wildman–Crippen MR) is 204 cm³/mol. The van der Waals surface area contributed by atoms with Crippen LogP contribution in [0.15, 0.2) is 83.0 Å². The zero-order valence-electron chi connectivity index (χ0n) is 31.2. The number of morpholine rings is 1. The summed E-state index contributed by atoms with van der Waals surface area (Å²) in [5, 5.41) is 0.957. The first kappa shape index (κ1) is 36.3. The molecule has 54 heavy (non-hydrogen) atoms. The summed E-state index contributed by atoms with van der Waals surface area (Å²) in [5.74, 6) is -1.22. The number of ether oxygens (including phenoxy) is 2. The zero-order valence-corrected chi connectivity index (χ0v) is 32.0. The maximum Gasteiger partial charge on any atom is 0.312 e. The molecule has 0 bridgehead atoms. The van der Waals surface area contributed by atoms with E-state index in [1.165, 1.54) is 26.1 Å². The minimum Gasteiger partial charge on any atom is -0.496 e. The lowest BCUT2D eigenvalue weighted by Crippen LogP contribution is -2.53. The second-order valence-electron chi connectivity index (χ2n) is 15.1. The van der Waals surface area contributed by atoms with Crippen molar-refractivity contribution in [3.8, 4) is 5.75 Å². The molecule has 1 unspecified atom stereocenters. The Balaban J connectivity index is 1.24. The Morgan fingerprint density at radius 1 is 1.00 bits per heavy atom. The molecule has 3 atom stereocenters. The summed E-state index contributed by atoms with van der Waals surface area (Å²) in [5.41, 5.74) is 6.79. The number of nitrogens with zero attached hydrogens (tertiary/aromatic N) is 4. The molecule has 0 radical (unpaired) electrons. The van der Waals surface area contributed by atoms with Gasteiger partial charge in [0.15, 0.2) is 0 Å². The standard InChI is InChI=1S/C41H47N5O7S/c1-43(2)54(50,51)42-39(47)37-30-23-46-32(22-29-34(52-4)19-18-27(38(29)46)25-12-7-5-8-13-25)36-28(35(30)37)16-11-17-31(36)44(3)40(48)41(49)45-20-21-53-24-33(45)26-14-9-6-10-15-26/h6,9-11,14-16,18-19,22,25,31,33,36H,5,7-8,12-13,17,20-21,23-24H2,1-4H3,(H,42,47)/t31-,33?,36+/m1/s1. The number of hydrogen-bond acceptors (Lipinski definition) is 7. The molecular weight excluding hydrogens is 707 g/mol. The predicted octanol–water partition coefficient (Wildman–Crippen LogP) is 4.71. The number of methoxy groups -OCH3 is 1. The highest BCUT2D eigenvalue weighted by Gasteiger charge is 2.48. The smallest absolute Gasteiger partial charge is 0.312 e. The summed E-state index contributed by atoms with van der Waals surface area (Å²) in [7, 11) is 2.05. The van der Waals surface area contributed by atoms with E-state index in [9.17, 15) is 22.8 Å². The summed E-state index contributed by atoms with van der Waals surface area (Å²) in [6, 6.07) is 15.1. The SMILES string of the molecule is COc1ccc(C2CCCCC2)c2c1cc1n2CC2=C(C(=O)NS(=O)(=O)N(C)C)C2=C2C=CC[C@@H](N(C)C(=O)C(=O)N3CCOCC3c3ccccc3)[C@H]21. The topological polar surface area (TPSA) is 130 Å². The van der Waals surface area contributed by atoms with E-state index in [2.05, 4.69) is 21.4 Å². The van der Waals surface area contributed by atoms with E-state index in [-0.39, 0.29) is 0 Å².